The molecule has 1 N–H and O–H groups in total. The van der Waals surface area contributed by atoms with Gasteiger partial charge in [0.1, 0.15) is 0 Å². The van der Waals surface area contributed by atoms with Crippen molar-refractivity contribution in [3.63, 3.8) is 0 Å². The quantitative estimate of drug-likeness (QED) is 0.518. The second-order valence-electron chi connectivity index (χ2n) is 5.84. The highest BCUT2D eigenvalue weighted by Crippen LogP contribution is 2.27. The Kier molecular flexibility index (Phi) is 5.30. The fourth-order valence-electron chi connectivity index (χ4n) is 2.85. The number of carboxylic acid groups (broad SMARTS) is 1. The van der Waals surface area contributed by atoms with Crippen LogP contribution in [0, 0.1) is 13.8 Å². The SMILES string of the molecule is Cc1cc(C=Nc2ccc(Br)c(Cl)c2)c(C)n1-c1ccccc1C(=O)O. The Morgan fingerprint density at radius 3 is 2.62 bits per heavy atom. The number of aryl methyl sites for hydroxylation is 1. The van der Waals surface area contributed by atoms with Gasteiger partial charge in [0.2, 0.25) is 0 Å². The van der Waals surface area contributed by atoms with Gasteiger partial charge in [0.25, 0.3) is 0 Å². The molecule has 0 saturated heterocycles. The van der Waals surface area contributed by atoms with E-state index in [1.165, 1.54) is 0 Å². The molecule has 0 atom stereocenters. The number of aliphatic imine (C=N–C) groups is 1. The zero-order valence-corrected chi connectivity index (χ0v) is 16.5. The third-order valence-electron chi connectivity index (χ3n) is 4.10. The molecule has 6 heteroatoms. The summed E-state index contributed by atoms with van der Waals surface area (Å²) >= 11 is 9.46. The van der Waals surface area contributed by atoms with Crippen molar-refractivity contribution in [3.8, 4) is 5.69 Å². The van der Waals surface area contributed by atoms with Gasteiger partial charge in [-0.2, -0.15) is 0 Å². The lowest BCUT2D eigenvalue weighted by molar-refractivity contribution is 0.0697. The summed E-state index contributed by atoms with van der Waals surface area (Å²) in [6, 6.07) is 14.4. The zero-order chi connectivity index (χ0) is 18.8. The maximum Gasteiger partial charge on any atom is 0.337 e. The molecule has 0 saturated carbocycles. The van der Waals surface area contributed by atoms with Crippen molar-refractivity contribution in [2.75, 3.05) is 0 Å². The zero-order valence-electron chi connectivity index (χ0n) is 14.2. The number of halogens is 2. The molecule has 3 rings (SSSR count). The Hall–Kier alpha value is -2.37. The van der Waals surface area contributed by atoms with Crippen LogP contribution in [0.4, 0.5) is 5.69 Å². The molecule has 4 nitrogen and oxygen atoms in total. The number of hydrogen-bond donors (Lipinski definition) is 1. The lowest BCUT2D eigenvalue weighted by Crippen LogP contribution is -2.07. The van der Waals surface area contributed by atoms with E-state index < -0.39 is 5.97 Å². The van der Waals surface area contributed by atoms with Crippen molar-refractivity contribution < 1.29 is 9.90 Å². The van der Waals surface area contributed by atoms with Gasteiger partial charge in [0.05, 0.1) is 22.0 Å². The van der Waals surface area contributed by atoms with Crippen LogP contribution in [0.2, 0.25) is 5.02 Å². The lowest BCUT2D eigenvalue weighted by atomic mass is 10.1. The van der Waals surface area contributed by atoms with Crippen LogP contribution in [-0.4, -0.2) is 21.9 Å². The van der Waals surface area contributed by atoms with Crippen molar-refractivity contribution >= 4 is 45.4 Å². The number of benzene rings is 2. The summed E-state index contributed by atoms with van der Waals surface area (Å²) in [5.41, 5.74) is 4.42. The molecule has 1 aromatic heterocycles. The Morgan fingerprint density at radius 2 is 1.92 bits per heavy atom. The third kappa shape index (κ3) is 3.59. The molecular weight excluding hydrogens is 416 g/mol. The van der Waals surface area contributed by atoms with Crippen molar-refractivity contribution in [2.24, 2.45) is 4.99 Å². The number of nitrogens with zero attached hydrogens (tertiary/aromatic N) is 2. The number of hydrogen-bond acceptors (Lipinski definition) is 2. The molecule has 0 amide bonds. The third-order valence-corrected chi connectivity index (χ3v) is 5.33. The number of carboxylic acids is 1. The molecule has 0 aliphatic heterocycles. The molecule has 0 fully saturated rings. The highest BCUT2D eigenvalue weighted by molar-refractivity contribution is 9.10. The average Bonchev–Trinajstić information content (AvgIpc) is 2.89. The Bertz CT molecular complexity index is 1020. The lowest BCUT2D eigenvalue weighted by Gasteiger charge is -2.12. The van der Waals surface area contributed by atoms with Gasteiger partial charge in [0, 0.05) is 27.6 Å². The van der Waals surface area contributed by atoms with Crippen molar-refractivity contribution in [1.82, 2.24) is 4.57 Å². The smallest absolute Gasteiger partial charge is 0.337 e. The molecule has 0 bridgehead atoms. The molecule has 0 aliphatic rings. The van der Waals surface area contributed by atoms with Gasteiger partial charge >= 0.3 is 5.97 Å². The first kappa shape index (κ1) is 18.4. The normalized spacial score (nSPS) is 11.2. The van der Waals surface area contributed by atoms with E-state index in [0.29, 0.717) is 10.7 Å². The van der Waals surface area contributed by atoms with E-state index in [4.69, 9.17) is 11.6 Å². The summed E-state index contributed by atoms with van der Waals surface area (Å²) in [6.07, 6.45) is 1.77. The van der Waals surface area contributed by atoms with Crippen LogP contribution in [-0.2, 0) is 0 Å². The fraction of sp³-hybridized carbons (Fsp3) is 0.100. The largest absolute Gasteiger partial charge is 0.478 e. The highest BCUT2D eigenvalue weighted by atomic mass is 79.9. The van der Waals surface area contributed by atoms with Gasteiger partial charge in [-0.05, 0) is 66.2 Å². The van der Waals surface area contributed by atoms with Gasteiger partial charge in [-0.1, -0.05) is 23.7 Å². The van der Waals surface area contributed by atoms with Crippen LogP contribution in [0.25, 0.3) is 5.69 Å². The van der Waals surface area contributed by atoms with E-state index >= 15 is 0 Å². The predicted octanol–water partition coefficient (Wildman–Crippen LogP) is 5.96. The molecule has 132 valence electrons. The number of aromatic nitrogens is 1. The van der Waals surface area contributed by atoms with Crippen LogP contribution in [0.1, 0.15) is 27.3 Å². The molecule has 26 heavy (non-hydrogen) atoms. The van der Waals surface area contributed by atoms with Crippen LogP contribution < -0.4 is 0 Å². The molecule has 2 aromatic carbocycles. The Balaban J connectivity index is 2.03. The van der Waals surface area contributed by atoms with Gasteiger partial charge in [-0.3, -0.25) is 4.99 Å². The standard InChI is InChI=1S/C20H16BrClN2O2/c1-12-9-14(11-23-15-7-8-17(21)18(22)10-15)13(2)24(12)19-6-4-3-5-16(19)20(25)26/h3-11H,1-2H3,(H,25,26). The van der Waals surface area contributed by atoms with E-state index in [1.54, 1.807) is 30.5 Å². The first-order chi connectivity index (χ1) is 12.4. The van der Waals surface area contributed by atoms with E-state index in [1.807, 2.05) is 42.7 Å². The van der Waals surface area contributed by atoms with Crippen LogP contribution in [0.5, 0.6) is 0 Å². The number of rotatable bonds is 4. The molecule has 0 aliphatic carbocycles. The first-order valence-electron chi connectivity index (χ1n) is 7.89. The number of aromatic carboxylic acids is 1. The monoisotopic (exact) mass is 430 g/mol. The summed E-state index contributed by atoms with van der Waals surface area (Å²) in [5.74, 6) is -0.951. The molecule has 0 unspecified atom stereocenters. The van der Waals surface area contributed by atoms with Gasteiger partial charge in [0.15, 0.2) is 0 Å². The minimum Gasteiger partial charge on any atom is -0.478 e. The number of carbonyl (C=O) groups is 1. The summed E-state index contributed by atoms with van der Waals surface area (Å²) < 4.78 is 2.75. The molecule has 0 spiro atoms. The number of para-hydroxylation sites is 1. The summed E-state index contributed by atoms with van der Waals surface area (Å²) in [6.45, 7) is 3.89. The van der Waals surface area contributed by atoms with E-state index in [-0.39, 0.29) is 5.56 Å². The Morgan fingerprint density at radius 1 is 1.19 bits per heavy atom. The van der Waals surface area contributed by atoms with E-state index in [9.17, 15) is 9.90 Å². The summed E-state index contributed by atoms with van der Waals surface area (Å²) in [5, 5.41) is 10.1. The summed E-state index contributed by atoms with van der Waals surface area (Å²) in [7, 11) is 0. The van der Waals surface area contributed by atoms with Crippen LogP contribution >= 0.6 is 27.5 Å². The fourth-order valence-corrected chi connectivity index (χ4v) is 3.27. The molecule has 0 radical (unpaired) electrons. The van der Waals surface area contributed by atoms with Crippen LogP contribution in [0.15, 0.2) is 58.0 Å². The first-order valence-corrected chi connectivity index (χ1v) is 9.06. The predicted molar refractivity (Wildman–Crippen MR) is 109 cm³/mol. The van der Waals surface area contributed by atoms with Gasteiger partial charge < -0.3 is 9.67 Å². The van der Waals surface area contributed by atoms with Gasteiger partial charge in [-0.25, -0.2) is 4.79 Å². The minimum atomic E-state index is -0.951. The topological polar surface area (TPSA) is 54.6 Å². The highest BCUT2D eigenvalue weighted by Gasteiger charge is 2.15. The van der Waals surface area contributed by atoms with Crippen LogP contribution in [0.3, 0.4) is 0 Å². The van der Waals surface area contributed by atoms with E-state index in [2.05, 4.69) is 20.9 Å². The van der Waals surface area contributed by atoms with Crippen molar-refractivity contribution in [2.45, 2.75) is 13.8 Å². The van der Waals surface area contributed by atoms with Crippen molar-refractivity contribution in [3.05, 3.63) is 80.5 Å². The van der Waals surface area contributed by atoms with Crippen molar-refractivity contribution in [1.29, 1.82) is 0 Å². The van der Waals surface area contributed by atoms with Gasteiger partial charge in [-0.15, -0.1) is 0 Å². The second kappa shape index (κ2) is 7.48. The maximum atomic E-state index is 11.5. The minimum absolute atomic E-state index is 0.262. The molecule has 1 heterocycles. The van der Waals surface area contributed by atoms with E-state index in [0.717, 1.165) is 27.1 Å². The molecular formula is C20H16BrClN2O2. The Labute approximate surface area is 164 Å². The second-order valence-corrected chi connectivity index (χ2v) is 7.10. The maximum absolute atomic E-state index is 11.5. The average molecular weight is 432 g/mol. The summed E-state index contributed by atoms with van der Waals surface area (Å²) in [4.78, 5) is 16.0. The molecule has 3 aromatic rings.